The summed E-state index contributed by atoms with van der Waals surface area (Å²) in [5.74, 6) is 2.17. The highest BCUT2D eigenvalue weighted by Gasteiger charge is 2.30. The van der Waals surface area contributed by atoms with Gasteiger partial charge in [-0.2, -0.15) is 0 Å². The molecule has 0 fully saturated rings. The van der Waals surface area contributed by atoms with Gasteiger partial charge in [-0.1, -0.05) is 24.2 Å². The zero-order valence-corrected chi connectivity index (χ0v) is 12.6. The Balaban J connectivity index is 1.87. The average molecular weight is 292 g/mol. The summed E-state index contributed by atoms with van der Waals surface area (Å²) < 4.78 is 30.5. The molecule has 4 heteroatoms. The summed E-state index contributed by atoms with van der Waals surface area (Å²) in [6.07, 6.45) is 3.69. The minimum absolute atomic E-state index is 0.00385. The minimum Gasteiger partial charge on any atom is -0.455 e. The average Bonchev–Trinajstić information content (AvgIpc) is 2.90. The van der Waals surface area contributed by atoms with Gasteiger partial charge in [-0.3, -0.25) is 0 Å². The van der Waals surface area contributed by atoms with Gasteiger partial charge in [0.2, 0.25) is 0 Å². The third-order valence-electron chi connectivity index (χ3n) is 4.22. The van der Waals surface area contributed by atoms with E-state index in [2.05, 4.69) is 16.9 Å². The Labute approximate surface area is 134 Å². The lowest BCUT2D eigenvalue weighted by Crippen LogP contribution is -2.60. The molecule has 0 saturated carbocycles. The van der Waals surface area contributed by atoms with E-state index in [0.29, 0.717) is 5.56 Å². The largest absolute Gasteiger partial charge is 0.455 e. The van der Waals surface area contributed by atoms with Crippen molar-refractivity contribution in [1.82, 2.24) is 4.81 Å². The van der Waals surface area contributed by atoms with Crippen molar-refractivity contribution in [3.8, 4) is 0 Å². The number of rotatable bonds is 1. The predicted molar refractivity (Wildman–Crippen MR) is 89.9 cm³/mol. The number of aryl methyl sites for hydroxylation is 2. The molecule has 0 spiro atoms. The van der Waals surface area contributed by atoms with Crippen molar-refractivity contribution in [2.75, 3.05) is 7.05 Å². The van der Waals surface area contributed by atoms with Crippen LogP contribution in [-0.4, -0.2) is 18.7 Å². The van der Waals surface area contributed by atoms with Gasteiger partial charge in [0.05, 0.1) is 0 Å². The zero-order valence-electron chi connectivity index (χ0n) is 15.6. The molecule has 0 bridgehead atoms. The van der Waals surface area contributed by atoms with E-state index in [1.54, 1.807) is 12.3 Å². The molecule has 0 atom stereocenters. The first kappa shape index (κ1) is 10.3. The summed E-state index contributed by atoms with van der Waals surface area (Å²) in [5.41, 5.74) is 3.08. The lowest BCUT2D eigenvalue weighted by atomic mass is 9.55. The summed E-state index contributed by atoms with van der Waals surface area (Å²) in [6, 6.07) is 11.6. The van der Waals surface area contributed by atoms with Crippen LogP contribution in [0, 0.1) is 6.85 Å². The number of fused-ring (bicyclic) bond motifs is 3. The van der Waals surface area contributed by atoms with E-state index in [9.17, 15) is 0 Å². The van der Waals surface area contributed by atoms with Crippen LogP contribution in [-0.2, 0) is 7.05 Å². The zero-order chi connectivity index (χ0) is 17.8. The number of hydrogen-bond donors (Lipinski definition) is 0. The molecule has 0 saturated heterocycles. The van der Waals surface area contributed by atoms with E-state index in [-0.39, 0.29) is 6.85 Å². The molecule has 22 heavy (non-hydrogen) atoms. The second-order valence-electron chi connectivity index (χ2n) is 5.74. The van der Waals surface area contributed by atoms with Gasteiger partial charge in [-0.25, -0.2) is 4.57 Å². The maximum atomic E-state index is 7.57. The van der Waals surface area contributed by atoms with Crippen molar-refractivity contribution < 1.29 is 13.1 Å². The standard InChI is InChI=1S/C18H18BN2O/c1-13-8-9-18(20(2)11-13)19-10-15-14-6-4-5-7-16(14)22-17(15)12-21(19)3/h4-12H,1-3H3/q+1/i1D3. The number of pyridine rings is 1. The highest BCUT2D eigenvalue weighted by atomic mass is 16.3. The van der Waals surface area contributed by atoms with Crippen molar-refractivity contribution in [2.45, 2.75) is 6.85 Å². The molecule has 4 rings (SSSR count). The maximum Gasteiger partial charge on any atom is 0.396 e. The van der Waals surface area contributed by atoms with Crippen LogP contribution in [0.25, 0.3) is 23.1 Å². The van der Waals surface area contributed by atoms with E-state index in [4.69, 9.17) is 8.53 Å². The quantitative estimate of drug-likeness (QED) is 0.480. The molecule has 1 aliphatic rings. The third-order valence-corrected chi connectivity index (χ3v) is 4.22. The van der Waals surface area contributed by atoms with Gasteiger partial charge in [0.1, 0.15) is 18.0 Å². The molecule has 0 unspecified atom stereocenters. The van der Waals surface area contributed by atoms with Crippen LogP contribution in [0.2, 0.25) is 0 Å². The Morgan fingerprint density at radius 3 is 2.91 bits per heavy atom. The van der Waals surface area contributed by atoms with E-state index < -0.39 is 6.85 Å². The number of aromatic nitrogens is 1. The van der Waals surface area contributed by atoms with E-state index in [1.165, 1.54) is 0 Å². The van der Waals surface area contributed by atoms with E-state index in [1.807, 2.05) is 49.1 Å². The van der Waals surface area contributed by atoms with Gasteiger partial charge in [0.25, 0.3) is 0 Å². The topological polar surface area (TPSA) is 20.3 Å². The molecular weight excluding hydrogens is 271 g/mol. The van der Waals surface area contributed by atoms with Gasteiger partial charge < -0.3 is 9.23 Å². The fraction of sp³-hybridized carbons (Fsp3) is 0.167. The van der Waals surface area contributed by atoms with Gasteiger partial charge in [0, 0.05) is 26.5 Å². The fourth-order valence-corrected chi connectivity index (χ4v) is 3.11. The molecule has 108 valence electrons. The van der Waals surface area contributed by atoms with Crippen LogP contribution in [0.3, 0.4) is 0 Å². The van der Waals surface area contributed by atoms with Crippen LogP contribution >= 0.6 is 0 Å². The Bertz CT molecular complexity index is 1090. The van der Waals surface area contributed by atoms with Gasteiger partial charge in [-0.05, 0) is 32.1 Å². The molecular formula is C18H18BN2O+. The van der Waals surface area contributed by atoms with Crippen molar-refractivity contribution in [2.24, 2.45) is 7.05 Å². The lowest BCUT2D eigenvalue weighted by molar-refractivity contribution is -0.654. The molecule has 3 aromatic rings. The van der Waals surface area contributed by atoms with Crippen LogP contribution in [0.5, 0.6) is 0 Å². The number of para-hydroxylation sites is 1. The summed E-state index contributed by atoms with van der Waals surface area (Å²) in [5, 5.41) is 2.17. The molecule has 0 radical (unpaired) electrons. The van der Waals surface area contributed by atoms with Gasteiger partial charge >= 0.3 is 6.85 Å². The first-order valence-corrected chi connectivity index (χ1v) is 7.28. The fourth-order valence-electron chi connectivity index (χ4n) is 3.11. The Morgan fingerprint density at radius 2 is 2.09 bits per heavy atom. The molecule has 1 aliphatic heterocycles. The van der Waals surface area contributed by atoms with E-state index >= 15 is 0 Å². The molecule has 3 heterocycles. The molecule has 0 N–H and O–H groups in total. The van der Waals surface area contributed by atoms with Crippen molar-refractivity contribution >= 4 is 35.6 Å². The Hall–Kier alpha value is -2.49. The maximum absolute atomic E-state index is 7.57. The molecule has 0 amide bonds. The predicted octanol–water partition coefficient (Wildman–Crippen LogP) is 0.468. The Kier molecular flexibility index (Phi) is 2.23. The van der Waals surface area contributed by atoms with Crippen LogP contribution < -0.4 is 20.8 Å². The van der Waals surface area contributed by atoms with Crippen molar-refractivity contribution in [1.29, 1.82) is 0 Å². The molecule has 3 nitrogen and oxygen atoms in total. The van der Waals surface area contributed by atoms with Crippen LogP contribution in [0.1, 0.15) is 9.68 Å². The normalized spacial score (nSPS) is 16.4. The second-order valence-corrected chi connectivity index (χ2v) is 5.74. The number of nitrogens with zero attached hydrogens (tertiary/aromatic N) is 2. The monoisotopic (exact) mass is 292 g/mol. The van der Waals surface area contributed by atoms with Crippen molar-refractivity contribution in [3.63, 3.8) is 0 Å². The molecule has 1 aromatic carbocycles. The lowest BCUT2D eigenvalue weighted by Gasteiger charge is -2.20. The molecule has 2 aromatic heterocycles. The van der Waals surface area contributed by atoms with Crippen LogP contribution in [0.15, 0.2) is 47.0 Å². The highest BCUT2D eigenvalue weighted by Crippen LogP contribution is 2.09. The van der Waals surface area contributed by atoms with Crippen molar-refractivity contribution in [3.05, 3.63) is 58.8 Å². The number of furan rings is 1. The number of benzene rings is 1. The smallest absolute Gasteiger partial charge is 0.396 e. The summed E-state index contributed by atoms with van der Waals surface area (Å²) in [7, 11) is 3.88. The Morgan fingerprint density at radius 1 is 1.23 bits per heavy atom. The second kappa shape index (κ2) is 4.77. The molecule has 0 aliphatic carbocycles. The first-order valence-electron chi connectivity index (χ1n) is 8.78. The minimum atomic E-state index is -2.10. The summed E-state index contributed by atoms with van der Waals surface area (Å²) in [6.45, 7) is -2.09. The van der Waals surface area contributed by atoms with Gasteiger partial charge in [0.15, 0.2) is 11.8 Å². The van der Waals surface area contributed by atoms with Gasteiger partial charge in [-0.15, -0.1) is 0 Å². The van der Waals surface area contributed by atoms with Crippen LogP contribution in [0.4, 0.5) is 0 Å². The summed E-state index contributed by atoms with van der Waals surface area (Å²) >= 11 is 0. The van der Waals surface area contributed by atoms with E-state index in [0.717, 1.165) is 27.2 Å². The summed E-state index contributed by atoms with van der Waals surface area (Å²) in [4.78, 5) is 2.08. The number of hydrogen-bond acceptors (Lipinski definition) is 2. The first-order chi connectivity index (χ1) is 11.8. The third kappa shape index (κ3) is 1.95. The highest BCUT2D eigenvalue weighted by molar-refractivity contribution is 6.82. The SMILES string of the molecule is [2H]C([2H])([2H])c1ccc(B2C=c3c(oc4ccccc34)=CN2C)[n+](C)c1.